The number of ether oxygens (including phenoxy) is 1. The Morgan fingerprint density at radius 1 is 1.00 bits per heavy atom. The maximum absolute atomic E-state index is 12.1. The Bertz CT molecular complexity index is 905. The molecule has 0 aliphatic carbocycles. The molecule has 0 radical (unpaired) electrons. The number of ketones is 1. The molecule has 0 aliphatic heterocycles. The molecule has 0 heterocycles. The maximum atomic E-state index is 12.1. The van der Waals surface area contributed by atoms with Crippen molar-refractivity contribution in [3.63, 3.8) is 0 Å². The van der Waals surface area contributed by atoms with E-state index < -0.39 is 23.9 Å². The molecule has 0 bridgehead atoms. The first-order valence-corrected chi connectivity index (χ1v) is 8.97. The van der Waals surface area contributed by atoms with Gasteiger partial charge in [-0.25, -0.2) is 0 Å². The number of carbonyl (C=O) groups excluding carboxylic acids is 4. The first-order valence-electron chi connectivity index (χ1n) is 8.97. The predicted octanol–water partition coefficient (Wildman–Crippen LogP) is 2.59. The minimum atomic E-state index is -1.05. The first-order chi connectivity index (χ1) is 13.8. The summed E-state index contributed by atoms with van der Waals surface area (Å²) in [4.78, 5) is 46.9. The van der Waals surface area contributed by atoms with Crippen LogP contribution >= 0.6 is 0 Å². The van der Waals surface area contributed by atoms with Crippen LogP contribution in [-0.2, 0) is 19.1 Å². The summed E-state index contributed by atoms with van der Waals surface area (Å²) in [5.74, 6) is -1.79. The van der Waals surface area contributed by atoms with Crippen LogP contribution < -0.4 is 10.6 Å². The fourth-order valence-corrected chi connectivity index (χ4v) is 2.28. The molecule has 2 amide bonds. The molecule has 7 heteroatoms. The monoisotopic (exact) mass is 394 g/mol. The van der Waals surface area contributed by atoms with Gasteiger partial charge in [0.2, 0.25) is 5.91 Å². The molecule has 29 heavy (non-hydrogen) atoms. The van der Waals surface area contributed by atoms with Crippen LogP contribution in [0, 0.1) is 0 Å². The summed E-state index contributed by atoms with van der Waals surface area (Å²) in [6.45, 7) is 2.52. The second-order valence-corrected chi connectivity index (χ2v) is 6.22. The van der Waals surface area contributed by atoms with Gasteiger partial charge in [0, 0.05) is 17.3 Å². The van der Waals surface area contributed by atoms with Crippen molar-refractivity contribution < 1.29 is 23.9 Å². The lowest BCUT2D eigenvalue weighted by Crippen LogP contribution is -2.35. The summed E-state index contributed by atoms with van der Waals surface area (Å²) in [6, 6.07) is 15.6. The Hall–Kier alpha value is -3.74. The third kappa shape index (κ3) is 7.42. The lowest BCUT2D eigenvalue weighted by molar-refractivity contribution is -0.152. The van der Waals surface area contributed by atoms with E-state index in [0.29, 0.717) is 11.3 Å². The molecular formula is C22H22N2O5. The number of nitrogens with one attached hydrogen (secondary N) is 2. The second kappa shape index (κ2) is 10.6. The lowest BCUT2D eigenvalue weighted by atomic mass is 10.1. The van der Waals surface area contributed by atoms with Gasteiger partial charge in [0.25, 0.3) is 5.91 Å². The highest BCUT2D eigenvalue weighted by Crippen LogP contribution is 2.11. The smallest absolute Gasteiger partial charge is 0.326 e. The molecule has 150 valence electrons. The Labute approximate surface area is 168 Å². The fourth-order valence-electron chi connectivity index (χ4n) is 2.28. The summed E-state index contributed by atoms with van der Waals surface area (Å²) in [7, 11) is 0. The summed E-state index contributed by atoms with van der Waals surface area (Å²) < 4.78 is 5.02. The van der Waals surface area contributed by atoms with Gasteiger partial charge in [-0.15, -0.1) is 0 Å². The second-order valence-electron chi connectivity index (χ2n) is 6.22. The number of anilines is 1. The third-order valence-electron chi connectivity index (χ3n) is 3.87. The van der Waals surface area contributed by atoms with Crippen molar-refractivity contribution in [2.24, 2.45) is 0 Å². The van der Waals surface area contributed by atoms with Crippen molar-refractivity contribution in [3.05, 3.63) is 71.8 Å². The number of esters is 1. The van der Waals surface area contributed by atoms with E-state index in [-0.39, 0.29) is 12.3 Å². The van der Waals surface area contributed by atoms with Crippen molar-refractivity contribution in [3.8, 4) is 0 Å². The minimum Gasteiger partial charge on any atom is -0.451 e. The van der Waals surface area contributed by atoms with E-state index in [1.807, 2.05) is 30.3 Å². The normalized spacial score (nSPS) is 11.5. The number of benzene rings is 2. The zero-order valence-corrected chi connectivity index (χ0v) is 16.2. The van der Waals surface area contributed by atoms with E-state index in [4.69, 9.17) is 4.74 Å². The molecule has 0 aromatic heterocycles. The van der Waals surface area contributed by atoms with Crippen molar-refractivity contribution in [1.29, 1.82) is 0 Å². The van der Waals surface area contributed by atoms with E-state index in [1.165, 1.54) is 19.9 Å². The molecule has 7 nitrogen and oxygen atoms in total. The van der Waals surface area contributed by atoms with Crippen LogP contribution in [0.3, 0.4) is 0 Å². The van der Waals surface area contributed by atoms with Gasteiger partial charge in [-0.3, -0.25) is 19.2 Å². The summed E-state index contributed by atoms with van der Waals surface area (Å²) >= 11 is 0. The lowest BCUT2D eigenvalue weighted by Gasteiger charge is -2.13. The van der Waals surface area contributed by atoms with Crippen LogP contribution in [0.4, 0.5) is 5.69 Å². The Morgan fingerprint density at radius 2 is 1.66 bits per heavy atom. The van der Waals surface area contributed by atoms with E-state index >= 15 is 0 Å². The molecule has 2 rings (SSSR count). The number of rotatable bonds is 8. The quantitative estimate of drug-likeness (QED) is 0.407. The molecule has 2 N–H and O–H groups in total. The van der Waals surface area contributed by atoms with Crippen LogP contribution in [-0.4, -0.2) is 36.2 Å². The van der Waals surface area contributed by atoms with Crippen molar-refractivity contribution in [2.45, 2.75) is 20.0 Å². The molecule has 1 atom stereocenters. The molecule has 0 fully saturated rings. The number of hydrogen-bond acceptors (Lipinski definition) is 5. The van der Waals surface area contributed by atoms with E-state index in [9.17, 15) is 19.2 Å². The average Bonchev–Trinajstić information content (AvgIpc) is 2.71. The molecule has 2 aromatic carbocycles. The minimum absolute atomic E-state index is 0.0779. The highest BCUT2D eigenvalue weighted by Gasteiger charge is 2.18. The van der Waals surface area contributed by atoms with Gasteiger partial charge in [-0.05, 0) is 49.8 Å². The van der Waals surface area contributed by atoms with Crippen LogP contribution in [0.2, 0.25) is 0 Å². The Balaban J connectivity index is 1.76. The zero-order chi connectivity index (χ0) is 21.2. The van der Waals surface area contributed by atoms with Crippen molar-refractivity contribution in [1.82, 2.24) is 5.32 Å². The Morgan fingerprint density at radius 3 is 2.28 bits per heavy atom. The average molecular weight is 394 g/mol. The number of amides is 2. The van der Waals surface area contributed by atoms with Gasteiger partial charge in [0.15, 0.2) is 11.9 Å². The number of carbonyl (C=O) groups is 4. The van der Waals surface area contributed by atoms with Gasteiger partial charge in [-0.1, -0.05) is 30.3 Å². The predicted molar refractivity (Wildman–Crippen MR) is 109 cm³/mol. The third-order valence-corrected chi connectivity index (χ3v) is 3.87. The molecule has 0 saturated heterocycles. The largest absolute Gasteiger partial charge is 0.451 e. The van der Waals surface area contributed by atoms with E-state index in [2.05, 4.69) is 10.6 Å². The van der Waals surface area contributed by atoms with Crippen LogP contribution in [0.5, 0.6) is 0 Å². The highest BCUT2D eigenvalue weighted by atomic mass is 16.5. The molecule has 2 aromatic rings. The standard InChI is InChI=1S/C22H22N2O5/c1-15(25)18-9-11-19(12-10-18)24-22(28)16(2)29-21(27)14-23-20(26)13-8-17-6-4-3-5-7-17/h3-13,16H,14H2,1-2H3,(H,23,26)(H,24,28)/b13-8+/t16-/m1/s1. The van der Waals surface area contributed by atoms with Crippen LogP contribution in [0.25, 0.3) is 6.08 Å². The van der Waals surface area contributed by atoms with Gasteiger partial charge >= 0.3 is 5.97 Å². The summed E-state index contributed by atoms with van der Waals surface area (Å²) in [5, 5.41) is 4.99. The SMILES string of the molecule is CC(=O)c1ccc(NC(=O)[C@@H](C)OC(=O)CNC(=O)/C=C/c2ccccc2)cc1. The topological polar surface area (TPSA) is 102 Å². The molecule has 0 unspecified atom stereocenters. The fraction of sp³-hybridized carbons (Fsp3) is 0.182. The first kappa shape index (κ1) is 21.6. The number of Topliss-reactive ketones (excluding diaryl/α,β-unsaturated/α-hetero) is 1. The maximum Gasteiger partial charge on any atom is 0.326 e. The van der Waals surface area contributed by atoms with Gasteiger partial charge < -0.3 is 15.4 Å². The zero-order valence-electron chi connectivity index (χ0n) is 16.2. The molecule has 0 spiro atoms. The van der Waals surface area contributed by atoms with E-state index in [1.54, 1.807) is 30.3 Å². The highest BCUT2D eigenvalue weighted by molar-refractivity contribution is 5.97. The summed E-state index contributed by atoms with van der Waals surface area (Å²) in [5.41, 5.74) is 1.86. The molecular weight excluding hydrogens is 372 g/mol. The van der Waals surface area contributed by atoms with Gasteiger partial charge in [-0.2, -0.15) is 0 Å². The van der Waals surface area contributed by atoms with Gasteiger partial charge in [0.05, 0.1) is 0 Å². The van der Waals surface area contributed by atoms with E-state index in [0.717, 1.165) is 5.56 Å². The van der Waals surface area contributed by atoms with Crippen LogP contribution in [0.1, 0.15) is 29.8 Å². The number of hydrogen-bond donors (Lipinski definition) is 2. The molecule has 0 aliphatic rings. The molecule has 0 saturated carbocycles. The summed E-state index contributed by atoms with van der Waals surface area (Å²) in [6.07, 6.45) is 1.88. The Kier molecular flexibility index (Phi) is 7.85. The van der Waals surface area contributed by atoms with Gasteiger partial charge in [0.1, 0.15) is 6.54 Å². The van der Waals surface area contributed by atoms with Crippen molar-refractivity contribution >= 4 is 35.3 Å². The van der Waals surface area contributed by atoms with Crippen molar-refractivity contribution in [2.75, 3.05) is 11.9 Å². The van der Waals surface area contributed by atoms with Crippen LogP contribution in [0.15, 0.2) is 60.7 Å².